The van der Waals surface area contributed by atoms with Gasteiger partial charge in [0.2, 0.25) is 0 Å². The lowest BCUT2D eigenvalue weighted by atomic mass is 10.2. The van der Waals surface area contributed by atoms with E-state index in [1.165, 1.54) is 30.3 Å². The molecule has 0 radical (unpaired) electrons. The van der Waals surface area contributed by atoms with E-state index >= 15 is 0 Å². The smallest absolute Gasteiger partial charge is 0.324 e. The third-order valence-electron chi connectivity index (χ3n) is 4.19. The van der Waals surface area contributed by atoms with Crippen molar-refractivity contribution in [2.45, 2.75) is 4.90 Å². The lowest BCUT2D eigenvalue weighted by Crippen LogP contribution is -2.36. The van der Waals surface area contributed by atoms with Gasteiger partial charge >= 0.3 is 5.97 Å². The predicted molar refractivity (Wildman–Crippen MR) is 97.0 cm³/mol. The Bertz CT molecular complexity index is 1020. The van der Waals surface area contributed by atoms with Gasteiger partial charge in [-0.05, 0) is 24.3 Å². The number of fused-ring (bicyclic) bond motifs is 2. The molecule has 148 valence electrons. The van der Waals surface area contributed by atoms with Gasteiger partial charge in [0.1, 0.15) is 33.0 Å². The van der Waals surface area contributed by atoms with E-state index in [1.54, 1.807) is 6.07 Å². The highest BCUT2D eigenvalue weighted by molar-refractivity contribution is 7.92. The Morgan fingerprint density at radius 3 is 2.00 bits per heavy atom. The summed E-state index contributed by atoms with van der Waals surface area (Å²) in [5, 5.41) is 9.28. The zero-order valence-electron chi connectivity index (χ0n) is 14.7. The van der Waals surface area contributed by atoms with E-state index in [1.807, 2.05) is 0 Å². The average molecular weight is 407 g/mol. The van der Waals surface area contributed by atoms with Gasteiger partial charge in [0.15, 0.2) is 23.0 Å². The van der Waals surface area contributed by atoms with Gasteiger partial charge in [0.25, 0.3) is 10.0 Å². The van der Waals surface area contributed by atoms with Gasteiger partial charge in [-0.1, -0.05) is 0 Å². The maximum Gasteiger partial charge on any atom is 0.324 e. The number of carboxylic acid groups (broad SMARTS) is 1. The van der Waals surface area contributed by atoms with Gasteiger partial charge in [0, 0.05) is 12.1 Å². The number of carboxylic acids is 1. The van der Waals surface area contributed by atoms with Crippen LogP contribution in [0.15, 0.2) is 41.3 Å². The first-order valence-corrected chi connectivity index (χ1v) is 9.93. The van der Waals surface area contributed by atoms with E-state index in [2.05, 4.69) is 0 Å². The SMILES string of the molecule is O=C(O)CN(c1ccc2c(c1)OCCO2)S(=O)(=O)c1ccc2c(c1)OCCO2. The minimum Gasteiger partial charge on any atom is -0.486 e. The van der Waals surface area contributed by atoms with Gasteiger partial charge in [-0.25, -0.2) is 8.42 Å². The summed E-state index contributed by atoms with van der Waals surface area (Å²) in [7, 11) is -4.19. The van der Waals surface area contributed by atoms with Crippen LogP contribution in [0.4, 0.5) is 5.69 Å². The highest BCUT2D eigenvalue weighted by atomic mass is 32.2. The van der Waals surface area contributed by atoms with Crippen molar-refractivity contribution in [2.24, 2.45) is 0 Å². The Hall–Kier alpha value is -3.14. The van der Waals surface area contributed by atoms with Gasteiger partial charge in [-0.2, -0.15) is 0 Å². The topological polar surface area (TPSA) is 112 Å². The van der Waals surface area contributed by atoms with Crippen molar-refractivity contribution < 1.29 is 37.3 Å². The molecule has 0 saturated heterocycles. The summed E-state index contributed by atoms with van der Waals surface area (Å²) in [6, 6.07) is 8.66. The Morgan fingerprint density at radius 2 is 1.39 bits per heavy atom. The third kappa shape index (κ3) is 3.38. The van der Waals surface area contributed by atoms with Crippen LogP contribution < -0.4 is 23.3 Å². The number of sulfonamides is 1. The molecule has 10 heteroatoms. The number of aliphatic carboxylic acids is 1. The number of hydrogen-bond donors (Lipinski definition) is 1. The summed E-state index contributed by atoms with van der Waals surface area (Å²) in [4.78, 5) is 11.3. The molecule has 0 bridgehead atoms. The summed E-state index contributed by atoms with van der Waals surface area (Å²) in [5.74, 6) is 0.272. The van der Waals surface area contributed by atoms with E-state index < -0.39 is 22.5 Å². The number of nitrogens with zero attached hydrogens (tertiary/aromatic N) is 1. The van der Waals surface area contributed by atoms with Crippen LogP contribution in [0.2, 0.25) is 0 Å². The third-order valence-corrected chi connectivity index (χ3v) is 5.96. The molecule has 2 aromatic carbocycles. The van der Waals surface area contributed by atoms with Crippen LogP contribution in [0.25, 0.3) is 0 Å². The fourth-order valence-electron chi connectivity index (χ4n) is 2.94. The molecule has 0 spiro atoms. The van der Waals surface area contributed by atoms with Crippen molar-refractivity contribution in [3.05, 3.63) is 36.4 Å². The Kier molecular flexibility index (Phi) is 4.63. The zero-order chi connectivity index (χ0) is 19.7. The number of carbonyl (C=O) groups is 1. The minimum absolute atomic E-state index is 0.104. The first kappa shape index (κ1) is 18.2. The van der Waals surface area contributed by atoms with Crippen molar-refractivity contribution in [3.63, 3.8) is 0 Å². The zero-order valence-corrected chi connectivity index (χ0v) is 15.5. The van der Waals surface area contributed by atoms with Crippen molar-refractivity contribution in [3.8, 4) is 23.0 Å². The van der Waals surface area contributed by atoms with Crippen LogP contribution in [0, 0.1) is 0 Å². The van der Waals surface area contributed by atoms with Gasteiger partial charge in [-0.15, -0.1) is 0 Å². The quantitative estimate of drug-likeness (QED) is 0.794. The minimum atomic E-state index is -4.19. The predicted octanol–water partition coefficient (Wildman–Crippen LogP) is 1.51. The number of benzene rings is 2. The molecule has 0 atom stereocenters. The molecule has 0 amide bonds. The van der Waals surface area contributed by atoms with Crippen LogP contribution in [0.1, 0.15) is 0 Å². The van der Waals surface area contributed by atoms with Crippen molar-refractivity contribution in [2.75, 3.05) is 37.3 Å². The molecule has 4 rings (SSSR count). The number of ether oxygens (including phenoxy) is 4. The van der Waals surface area contributed by atoms with Crippen molar-refractivity contribution in [1.29, 1.82) is 0 Å². The standard InChI is InChI=1S/C18H17NO8S/c20-18(21)11-19(12-1-3-14-16(9-12)26-7-5-24-14)28(22,23)13-2-4-15-17(10-13)27-8-6-25-15/h1-4,9-10H,5-8,11H2,(H,20,21). The molecule has 0 aromatic heterocycles. The van der Waals surface area contributed by atoms with Crippen molar-refractivity contribution >= 4 is 21.7 Å². The number of rotatable bonds is 5. The van der Waals surface area contributed by atoms with E-state index in [9.17, 15) is 18.3 Å². The first-order valence-electron chi connectivity index (χ1n) is 8.49. The molecule has 1 N–H and O–H groups in total. The molecule has 2 aliphatic rings. The second kappa shape index (κ2) is 7.12. The second-order valence-corrected chi connectivity index (χ2v) is 7.90. The van der Waals surface area contributed by atoms with Crippen LogP contribution in [0.3, 0.4) is 0 Å². The van der Waals surface area contributed by atoms with E-state index in [0.29, 0.717) is 49.4 Å². The van der Waals surface area contributed by atoms with Gasteiger partial charge in [-0.3, -0.25) is 9.10 Å². The molecule has 0 unspecified atom stereocenters. The largest absolute Gasteiger partial charge is 0.486 e. The molecule has 2 aromatic rings. The Balaban J connectivity index is 1.75. The maximum absolute atomic E-state index is 13.2. The number of hydrogen-bond acceptors (Lipinski definition) is 7. The van der Waals surface area contributed by atoms with E-state index in [0.717, 1.165) is 4.31 Å². The van der Waals surface area contributed by atoms with Crippen molar-refractivity contribution in [1.82, 2.24) is 0 Å². The fourth-order valence-corrected chi connectivity index (χ4v) is 4.36. The molecule has 0 saturated carbocycles. The highest BCUT2D eigenvalue weighted by Gasteiger charge is 2.30. The first-order chi connectivity index (χ1) is 13.4. The van der Waals surface area contributed by atoms with Crippen LogP contribution in [0.5, 0.6) is 23.0 Å². The lowest BCUT2D eigenvalue weighted by Gasteiger charge is -2.26. The molecular weight excluding hydrogens is 390 g/mol. The van der Waals surface area contributed by atoms with Gasteiger partial charge in [0.05, 0.1) is 10.6 Å². The molecule has 0 aliphatic carbocycles. The molecule has 2 heterocycles. The van der Waals surface area contributed by atoms with Crippen LogP contribution >= 0.6 is 0 Å². The van der Waals surface area contributed by atoms with E-state index in [4.69, 9.17) is 18.9 Å². The Morgan fingerprint density at radius 1 is 0.857 bits per heavy atom. The van der Waals surface area contributed by atoms with Crippen LogP contribution in [-0.4, -0.2) is 52.5 Å². The normalized spacial score (nSPS) is 15.0. The lowest BCUT2D eigenvalue weighted by molar-refractivity contribution is -0.135. The second-order valence-electron chi connectivity index (χ2n) is 6.04. The molecule has 0 fully saturated rings. The van der Waals surface area contributed by atoms with Gasteiger partial charge < -0.3 is 24.1 Å². The highest BCUT2D eigenvalue weighted by Crippen LogP contribution is 2.37. The average Bonchev–Trinajstić information content (AvgIpc) is 2.71. The van der Waals surface area contributed by atoms with Crippen LogP contribution in [-0.2, 0) is 14.8 Å². The summed E-state index contributed by atoms with van der Waals surface area (Å²) in [6.07, 6.45) is 0. The Labute approximate surface area is 161 Å². The molecular formula is C18H17NO8S. The maximum atomic E-state index is 13.2. The molecule has 9 nitrogen and oxygen atoms in total. The molecule has 28 heavy (non-hydrogen) atoms. The monoisotopic (exact) mass is 407 g/mol. The summed E-state index contributed by atoms with van der Waals surface area (Å²) < 4.78 is 49.0. The summed E-state index contributed by atoms with van der Waals surface area (Å²) in [6.45, 7) is 0.639. The summed E-state index contributed by atoms with van der Waals surface area (Å²) in [5.41, 5.74) is 0.154. The van der Waals surface area contributed by atoms with E-state index in [-0.39, 0.29) is 10.6 Å². The fraction of sp³-hybridized carbons (Fsp3) is 0.278. The summed E-state index contributed by atoms with van der Waals surface area (Å²) >= 11 is 0. The number of anilines is 1. The molecule has 2 aliphatic heterocycles.